The van der Waals surface area contributed by atoms with Gasteiger partial charge in [0.2, 0.25) is 0 Å². The van der Waals surface area contributed by atoms with Gasteiger partial charge in [-0.1, -0.05) is 30.3 Å². The number of carbonyl (C=O) groups is 1. The van der Waals surface area contributed by atoms with Crippen LogP contribution in [0, 0.1) is 6.92 Å². The zero-order valence-electron chi connectivity index (χ0n) is 10.3. The quantitative estimate of drug-likeness (QED) is 0.612. The summed E-state index contributed by atoms with van der Waals surface area (Å²) in [5.41, 5.74) is 1.45. The Morgan fingerprint density at radius 2 is 1.56 bits per heavy atom. The predicted octanol–water partition coefficient (Wildman–Crippen LogP) is 3.22. The smallest absolute Gasteiger partial charge is 0.343 e. The molecule has 0 fully saturated rings. The maximum Gasteiger partial charge on any atom is 0.343 e. The van der Waals surface area contributed by atoms with Crippen LogP contribution in [0.1, 0.15) is 15.9 Å². The lowest BCUT2D eigenvalue weighted by Gasteiger charge is -2.09. The number of methoxy groups -OCH3 is 1. The van der Waals surface area contributed by atoms with E-state index in [-0.39, 0.29) is 5.97 Å². The first-order valence-corrected chi connectivity index (χ1v) is 5.63. The number of benzene rings is 2. The lowest BCUT2D eigenvalue weighted by Crippen LogP contribution is -2.10. The summed E-state index contributed by atoms with van der Waals surface area (Å²) >= 11 is 0. The van der Waals surface area contributed by atoms with Crippen molar-refractivity contribution in [2.75, 3.05) is 7.11 Å². The molecule has 0 bridgehead atoms. The van der Waals surface area contributed by atoms with Gasteiger partial charge in [0.05, 0.1) is 12.7 Å². The Labute approximate surface area is 106 Å². The largest absolute Gasteiger partial charge is 0.493 e. The van der Waals surface area contributed by atoms with Crippen molar-refractivity contribution < 1.29 is 14.3 Å². The standard InChI is InChI=1S/C15H14O3/c1-11-7-3-4-8-12(11)15(16)18-14-10-6-5-9-13(14)17-2/h3-10H,1-2H3. The van der Waals surface area contributed by atoms with Gasteiger partial charge in [0.1, 0.15) is 0 Å². The van der Waals surface area contributed by atoms with E-state index in [4.69, 9.17) is 9.47 Å². The molecule has 0 N–H and O–H groups in total. The summed E-state index contributed by atoms with van der Waals surface area (Å²) in [5, 5.41) is 0. The van der Waals surface area contributed by atoms with Gasteiger partial charge in [0, 0.05) is 0 Å². The van der Waals surface area contributed by atoms with Crippen molar-refractivity contribution in [1.82, 2.24) is 0 Å². The van der Waals surface area contributed by atoms with Crippen LogP contribution in [-0.4, -0.2) is 13.1 Å². The van der Waals surface area contributed by atoms with Crippen molar-refractivity contribution in [3.8, 4) is 11.5 Å². The zero-order valence-corrected chi connectivity index (χ0v) is 10.3. The Hall–Kier alpha value is -2.29. The summed E-state index contributed by atoms with van der Waals surface area (Å²) < 4.78 is 10.5. The zero-order chi connectivity index (χ0) is 13.0. The second kappa shape index (κ2) is 5.36. The van der Waals surface area contributed by atoms with Crippen LogP contribution < -0.4 is 9.47 Å². The number of rotatable bonds is 3. The molecule has 0 aliphatic rings. The van der Waals surface area contributed by atoms with Gasteiger partial charge in [0.15, 0.2) is 11.5 Å². The van der Waals surface area contributed by atoms with Crippen LogP contribution in [0.15, 0.2) is 48.5 Å². The van der Waals surface area contributed by atoms with Crippen molar-refractivity contribution in [2.24, 2.45) is 0 Å². The molecule has 0 saturated carbocycles. The fourth-order valence-corrected chi connectivity index (χ4v) is 1.66. The molecule has 0 spiro atoms. The van der Waals surface area contributed by atoms with E-state index in [0.717, 1.165) is 5.56 Å². The van der Waals surface area contributed by atoms with Crippen molar-refractivity contribution in [2.45, 2.75) is 6.92 Å². The minimum atomic E-state index is -0.377. The van der Waals surface area contributed by atoms with Crippen molar-refractivity contribution in [3.05, 3.63) is 59.7 Å². The average Bonchev–Trinajstić information content (AvgIpc) is 2.39. The van der Waals surface area contributed by atoms with E-state index in [0.29, 0.717) is 17.1 Å². The highest BCUT2D eigenvalue weighted by molar-refractivity contribution is 5.92. The maximum absolute atomic E-state index is 12.0. The molecule has 0 aromatic heterocycles. The molecule has 0 aliphatic heterocycles. The molecule has 2 aromatic rings. The van der Waals surface area contributed by atoms with Crippen molar-refractivity contribution >= 4 is 5.97 Å². The number of ether oxygens (including phenoxy) is 2. The molecule has 0 atom stereocenters. The summed E-state index contributed by atoms with van der Waals surface area (Å²) in [7, 11) is 1.54. The van der Waals surface area contributed by atoms with Gasteiger partial charge in [-0.25, -0.2) is 4.79 Å². The number of hydrogen-bond donors (Lipinski definition) is 0. The van der Waals surface area contributed by atoms with Crippen LogP contribution in [-0.2, 0) is 0 Å². The van der Waals surface area contributed by atoms with Crippen LogP contribution in [0.4, 0.5) is 0 Å². The SMILES string of the molecule is COc1ccccc1OC(=O)c1ccccc1C. The second-order valence-corrected chi connectivity index (χ2v) is 3.86. The minimum Gasteiger partial charge on any atom is -0.493 e. The van der Waals surface area contributed by atoms with Gasteiger partial charge in [-0.2, -0.15) is 0 Å². The first-order chi connectivity index (χ1) is 8.72. The van der Waals surface area contributed by atoms with Crippen LogP contribution in [0.25, 0.3) is 0 Å². The molecule has 0 heterocycles. The van der Waals surface area contributed by atoms with Gasteiger partial charge in [0.25, 0.3) is 0 Å². The van der Waals surface area contributed by atoms with E-state index in [9.17, 15) is 4.79 Å². The number of hydrogen-bond acceptors (Lipinski definition) is 3. The van der Waals surface area contributed by atoms with Gasteiger partial charge in [-0.15, -0.1) is 0 Å². The lowest BCUT2D eigenvalue weighted by molar-refractivity contribution is 0.0729. The van der Waals surface area contributed by atoms with E-state index < -0.39 is 0 Å². The summed E-state index contributed by atoms with van der Waals surface area (Å²) in [6.07, 6.45) is 0. The fraction of sp³-hybridized carbons (Fsp3) is 0.133. The number of esters is 1. The molecule has 0 radical (unpaired) electrons. The van der Waals surface area contributed by atoms with Gasteiger partial charge in [-0.05, 0) is 30.7 Å². The first-order valence-electron chi connectivity index (χ1n) is 5.63. The molecular weight excluding hydrogens is 228 g/mol. The molecule has 18 heavy (non-hydrogen) atoms. The van der Waals surface area contributed by atoms with E-state index in [1.807, 2.05) is 31.2 Å². The summed E-state index contributed by atoms with van der Waals surface area (Å²) in [6, 6.07) is 14.4. The third-order valence-electron chi connectivity index (χ3n) is 2.64. The van der Waals surface area contributed by atoms with Crippen LogP contribution in [0.5, 0.6) is 11.5 Å². The summed E-state index contributed by atoms with van der Waals surface area (Å²) in [4.78, 5) is 12.0. The third-order valence-corrected chi connectivity index (χ3v) is 2.64. The number of carbonyl (C=O) groups excluding carboxylic acids is 1. The molecule has 0 amide bonds. The Morgan fingerprint density at radius 1 is 0.944 bits per heavy atom. The van der Waals surface area contributed by atoms with Crippen molar-refractivity contribution in [1.29, 1.82) is 0 Å². The molecule has 92 valence electrons. The lowest BCUT2D eigenvalue weighted by atomic mass is 10.1. The summed E-state index contributed by atoms with van der Waals surface area (Å²) in [5.74, 6) is 0.588. The molecule has 0 aliphatic carbocycles. The predicted molar refractivity (Wildman–Crippen MR) is 69.1 cm³/mol. The monoisotopic (exact) mass is 242 g/mol. The molecule has 0 saturated heterocycles. The molecule has 3 heteroatoms. The molecule has 2 aromatic carbocycles. The third kappa shape index (κ3) is 2.51. The highest BCUT2D eigenvalue weighted by Crippen LogP contribution is 2.26. The Kier molecular flexibility index (Phi) is 3.63. The number of para-hydroxylation sites is 2. The van der Waals surface area contributed by atoms with Gasteiger partial charge >= 0.3 is 5.97 Å². The Balaban J connectivity index is 2.24. The van der Waals surface area contributed by atoms with E-state index >= 15 is 0 Å². The molecule has 3 nitrogen and oxygen atoms in total. The maximum atomic E-state index is 12.0. The highest BCUT2D eigenvalue weighted by atomic mass is 16.6. The number of aryl methyl sites for hydroxylation is 1. The molecule has 2 rings (SSSR count). The van der Waals surface area contributed by atoms with Crippen LogP contribution >= 0.6 is 0 Å². The minimum absolute atomic E-state index is 0.377. The van der Waals surface area contributed by atoms with Crippen LogP contribution in [0.3, 0.4) is 0 Å². The van der Waals surface area contributed by atoms with Gasteiger partial charge in [-0.3, -0.25) is 0 Å². The molecule has 0 unspecified atom stereocenters. The van der Waals surface area contributed by atoms with Gasteiger partial charge < -0.3 is 9.47 Å². The van der Waals surface area contributed by atoms with E-state index in [1.165, 1.54) is 0 Å². The molecular formula is C15H14O3. The fourth-order valence-electron chi connectivity index (χ4n) is 1.66. The van der Waals surface area contributed by atoms with E-state index in [1.54, 1.807) is 31.4 Å². The Morgan fingerprint density at radius 3 is 2.22 bits per heavy atom. The second-order valence-electron chi connectivity index (χ2n) is 3.86. The normalized spacial score (nSPS) is 9.89. The van der Waals surface area contributed by atoms with Crippen molar-refractivity contribution in [3.63, 3.8) is 0 Å². The Bertz CT molecular complexity index is 561. The van der Waals surface area contributed by atoms with E-state index in [2.05, 4.69) is 0 Å². The van der Waals surface area contributed by atoms with Crippen LogP contribution in [0.2, 0.25) is 0 Å². The topological polar surface area (TPSA) is 35.5 Å². The first kappa shape index (κ1) is 12.2. The highest BCUT2D eigenvalue weighted by Gasteiger charge is 2.13. The summed E-state index contributed by atoms with van der Waals surface area (Å²) in [6.45, 7) is 1.87. The average molecular weight is 242 g/mol.